The summed E-state index contributed by atoms with van der Waals surface area (Å²) in [5.41, 5.74) is 6.96. The lowest BCUT2D eigenvalue weighted by Gasteiger charge is -2.27. The molecule has 226 valence electrons. The fourth-order valence-electron chi connectivity index (χ4n) is 7.44. The Morgan fingerprint density at radius 3 is 1.98 bits per heavy atom. The van der Waals surface area contributed by atoms with Crippen molar-refractivity contribution in [3.05, 3.63) is 167 Å². The number of amidine groups is 1. The van der Waals surface area contributed by atoms with Crippen molar-refractivity contribution in [2.75, 3.05) is 5.32 Å². The van der Waals surface area contributed by atoms with Crippen LogP contribution in [0.15, 0.2) is 138 Å². The Hall–Kier alpha value is -7.20. The highest BCUT2D eigenvalue weighted by Gasteiger charge is 2.30. The van der Waals surface area contributed by atoms with Crippen molar-refractivity contribution in [3.8, 4) is 23.9 Å². The molecule has 0 bridgehead atoms. The van der Waals surface area contributed by atoms with Gasteiger partial charge in [0.2, 0.25) is 0 Å². The molecule has 0 amide bonds. The molecule has 0 fully saturated rings. The van der Waals surface area contributed by atoms with Gasteiger partial charge in [0.05, 0.1) is 45.9 Å². The van der Waals surface area contributed by atoms with Gasteiger partial charge in [-0.2, -0.15) is 15.8 Å². The third-order valence-electron chi connectivity index (χ3n) is 9.52. The first-order chi connectivity index (χ1) is 24.2. The number of nitrogens with one attached hydrogen (secondary N) is 1. The number of rotatable bonds is 3. The molecule has 1 atom stereocenters. The lowest BCUT2D eigenvalue weighted by Crippen LogP contribution is -2.23. The number of aliphatic imine (C=N–C) groups is 1. The average Bonchev–Trinajstić information content (AvgIpc) is 3.53. The molecule has 0 spiro atoms. The van der Waals surface area contributed by atoms with Crippen molar-refractivity contribution in [1.82, 2.24) is 4.57 Å². The monoisotopic (exact) mass is 624 g/mol. The van der Waals surface area contributed by atoms with Gasteiger partial charge in [0, 0.05) is 38.7 Å². The van der Waals surface area contributed by atoms with E-state index in [0.29, 0.717) is 39.3 Å². The number of para-hydroxylation sites is 1. The summed E-state index contributed by atoms with van der Waals surface area (Å²) in [6.45, 7) is 0. The second-order valence-corrected chi connectivity index (χ2v) is 12.1. The number of hydrogen-bond donors (Lipinski definition) is 1. The zero-order chi connectivity index (χ0) is 33.1. The minimum absolute atomic E-state index is 0.344. The predicted molar refractivity (Wildman–Crippen MR) is 195 cm³/mol. The number of hydrogen-bond acceptors (Lipinski definition) is 5. The average molecular weight is 625 g/mol. The fourth-order valence-corrected chi connectivity index (χ4v) is 7.44. The number of fused-ring (bicyclic) bond motifs is 9. The number of nitriles is 3. The zero-order valence-corrected chi connectivity index (χ0v) is 26.0. The molecule has 1 N–H and O–H groups in total. The second kappa shape index (κ2) is 11.0. The first-order valence-electron chi connectivity index (χ1n) is 15.9. The molecule has 9 rings (SSSR count). The Bertz CT molecular complexity index is 2840. The van der Waals surface area contributed by atoms with Crippen LogP contribution in [0.25, 0.3) is 49.0 Å². The number of benzene rings is 7. The van der Waals surface area contributed by atoms with Crippen molar-refractivity contribution in [1.29, 1.82) is 15.8 Å². The van der Waals surface area contributed by atoms with E-state index in [1.165, 1.54) is 21.5 Å². The Labute approximate surface area is 281 Å². The highest BCUT2D eigenvalue weighted by Crippen LogP contribution is 2.44. The molecule has 1 aromatic heterocycles. The SMILES string of the molecule is N#Cc1cc(C#N)c2c(c1)NC(c1ccccc1)=NC2c1ccc(-n2c3ccccc3c3c4ccccc4c4ccccc4c32)cc1C#N. The maximum Gasteiger partial charge on any atom is 0.133 e. The van der Waals surface area contributed by atoms with Gasteiger partial charge in [-0.1, -0.05) is 103 Å². The summed E-state index contributed by atoms with van der Waals surface area (Å²) < 4.78 is 2.26. The van der Waals surface area contributed by atoms with Crippen molar-refractivity contribution in [2.24, 2.45) is 4.99 Å². The van der Waals surface area contributed by atoms with E-state index in [1.54, 1.807) is 12.1 Å². The highest BCUT2D eigenvalue weighted by molar-refractivity contribution is 6.32. The molecule has 7 aromatic carbocycles. The van der Waals surface area contributed by atoms with Gasteiger partial charge in [0.25, 0.3) is 0 Å². The molecule has 1 aliphatic rings. The third kappa shape index (κ3) is 4.21. The van der Waals surface area contributed by atoms with Crippen LogP contribution in [0.4, 0.5) is 5.69 Å². The van der Waals surface area contributed by atoms with Gasteiger partial charge in [-0.05, 0) is 52.1 Å². The van der Waals surface area contributed by atoms with Gasteiger partial charge in [0.15, 0.2) is 0 Å². The van der Waals surface area contributed by atoms with E-state index in [-0.39, 0.29) is 0 Å². The van der Waals surface area contributed by atoms with Crippen molar-refractivity contribution >= 4 is 54.9 Å². The lowest BCUT2D eigenvalue weighted by molar-refractivity contribution is 0.855. The van der Waals surface area contributed by atoms with E-state index < -0.39 is 6.04 Å². The van der Waals surface area contributed by atoms with Crippen LogP contribution in [0.5, 0.6) is 0 Å². The molecule has 1 unspecified atom stereocenters. The minimum Gasteiger partial charge on any atom is -0.340 e. The van der Waals surface area contributed by atoms with E-state index in [2.05, 4.69) is 94.8 Å². The summed E-state index contributed by atoms with van der Waals surface area (Å²) in [4.78, 5) is 5.12. The molecule has 2 heterocycles. The molecule has 6 heteroatoms. The molecule has 0 aliphatic carbocycles. The van der Waals surface area contributed by atoms with E-state index in [0.717, 1.165) is 33.1 Å². The van der Waals surface area contributed by atoms with Crippen LogP contribution in [-0.4, -0.2) is 10.4 Å². The molecule has 6 nitrogen and oxygen atoms in total. The fraction of sp³-hybridized carbons (Fsp3) is 0.0233. The Kier molecular flexibility index (Phi) is 6.27. The highest BCUT2D eigenvalue weighted by atomic mass is 15.1. The standard InChI is InChI=1S/C43H24N6/c44-23-26-20-29(25-46)39-37(21-26)47-43(27-10-2-1-3-11-27)48-41(39)31-19-18-30(22-28(31)24-45)49-38-17-9-8-16-36(38)40-34-14-6-4-12-32(34)33-13-5-7-15-35(33)42(40)49/h1-22,41H,(H,47,48). The summed E-state index contributed by atoms with van der Waals surface area (Å²) in [6.07, 6.45) is 0. The van der Waals surface area contributed by atoms with Crippen LogP contribution < -0.4 is 5.32 Å². The summed E-state index contributed by atoms with van der Waals surface area (Å²) >= 11 is 0. The van der Waals surface area contributed by atoms with Crippen LogP contribution >= 0.6 is 0 Å². The summed E-state index contributed by atoms with van der Waals surface area (Å²) in [6, 6.07) is 50.7. The molecule has 0 saturated heterocycles. The van der Waals surface area contributed by atoms with E-state index in [4.69, 9.17) is 4.99 Å². The van der Waals surface area contributed by atoms with Gasteiger partial charge in [0.1, 0.15) is 11.9 Å². The van der Waals surface area contributed by atoms with Crippen LogP contribution in [0.3, 0.4) is 0 Å². The first kappa shape index (κ1) is 28.1. The topological polar surface area (TPSA) is 101 Å². The summed E-state index contributed by atoms with van der Waals surface area (Å²) in [7, 11) is 0. The van der Waals surface area contributed by atoms with E-state index in [1.807, 2.05) is 54.6 Å². The first-order valence-corrected chi connectivity index (χ1v) is 15.9. The maximum atomic E-state index is 10.7. The van der Waals surface area contributed by atoms with Crippen molar-refractivity contribution in [2.45, 2.75) is 6.04 Å². The van der Waals surface area contributed by atoms with Crippen LogP contribution in [-0.2, 0) is 0 Å². The van der Waals surface area contributed by atoms with E-state index in [9.17, 15) is 15.8 Å². The molecular formula is C43H24N6. The Balaban J connectivity index is 1.32. The third-order valence-corrected chi connectivity index (χ3v) is 9.52. The summed E-state index contributed by atoms with van der Waals surface area (Å²) in [5, 5.41) is 41.0. The Morgan fingerprint density at radius 1 is 0.592 bits per heavy atom. The van der Waals surface area contributed by atoms with Gasteiger partial charge < -0.3 is 9.88 Å². The van der Waals surface area contributed by atoms with Gasteiger partial charge >= 0.3 is 0 Å². The number of aromatic nitrogens is 1. The quantitative estimate of drug-likeness (QED) is 0.198. The molecule has 0 radical (unpaired) electrons. The molecule has 8 aromatic rings. The van der Waals surface area contributed by atoms with Gasteiger partial charge in [-0.3, -0.25) is 4.99 Å². The van der Waals surface area contributed by atoms with Crippen LogP contribution in [0, 0.1) is 34.0 Å². The van der Waals surface area contributed by atoms with Gasteiger partial charge in [-0.25, -0.2) is 0 Å². The zero-order valence-electron chi connectivity index (χ0n) is 26.0. The largest absolute Gasteiger partial charge is 0.340 e. The van der Waals surface area contributed by atoms with Gasteiger partial charge in [-0.15, -0.1) is 0 Å². The minimum atomic E-state index is -0.652. The van der Waals surface area contributed by atoms with Crippen LogP contribution in [0.2, 0.25) is 0 Å². The lowest BCUT2D eigenvalue weighted by atomic mass is 9.88. The molecule has 49 heavy (non-hydrogen) atoms. The van der Waals surface area contributed by atoms with Crippen molar-refractivity contribution < 1.29 is 0 Å². The molecule has 0 saturated carbocycles. The Morgan fingerprint density at radius 2 is 1.24 bits per heavy atom. The van der Waals surface area contributed by atoms with E-state index >= 15 is 0 Å². The van der Waals surface area contributed by atoms with Crippen molar-refractivity contribution in [3.63, 3.8) is 0 Å². The maximum absolute atomic E-state index is 10.7. The molecule has 1 aliphatic heterocycles. The summed E-state index contributed by atoms with van der Waals surface area (Å²) in [5.74, 6) is 0.603. The molecular weight excluding hydrogens is 601 g/mol. The smallest absolute Gasteiger partial charge is 0.133 e. The number of anilines is 1. The predicted octanol–water partition coefficient (Wildman–Crippen LogP) is 9.67. The second-order valence-electron chi connectivity index (χ2n) is 12.1. The normalized spacial score (nSPS) is 13.7. The van der Waals surface area contributed by atoms with Crippen LogP contribution in [0.1, 0.15) is 39.4 Å². The number of nitrogens with zero attached hydrogens (tertiary/aromatic N) is 5.